The van der Waals surface area contributed by atoms with Crippen LogP contribution in [0.5, 0.6) is 0 Å². The number of nitrogens with two attached hydrogens (primary N) is 1. The number of aryl methyl sites for hydroxylation is 1. The zero-order valence-electron chi connectivity index (χ0n) is 12.4. The summed E-state index contributed by atoms with van der Waals surface area (Å²) in [7, 11) is 0. The average molecular weight is 275 g/mol. The lowest BCUT2D eigenvalue weighted by Gasteiger charge is -2.32. The molecule has 1 atom stereocenters. The van der Waals surface area contributed by atoms with Crippen molar-refractivity contribution in [3.63, 3.8) is 0 Å². The number of carbonyl (C=O) groups excluding carboxylic acids is 1. The Morgan fingerprint density at radius 3 is 2.85 bits per heavy atom. The van der Waals surface area contributed by atoms with E-state index < -0.39 is 0 Å². The molecule has 0 saturated heterocycles. The number of carbonyl (C=O) groups is 1. The number of fused-ring (bicyclic) bond motifs is 1. The highest BCUT2D eigenvalue weighted by atomic mass is 16.1. The Bertz CT molecular complexity index is 459. The molecule has 1 amide bonds. The number of amides is 1. The molecule has 1 aromatic rings. The van der Waals surface area contributed by atoms with E-state index in [1.165, 1.54) is 17.7 Å². The molecule has 4 heteroatoms. The number of anilines is 1. The predicted molar refractivity (Wildman–Crippen MR) is 82.8 cm³/mol. The van der Waals surface area contributed by atoms with Crippen molar-refractivity contribution in [3.05, 3.63) is 29.8 Å². The first kappa shape index (κ1) is 14.9. The second-order valence-electron chi connectivity index (χ2n) is 5.78. The molecule has 0 fully saturated rings. The maximum Gasteiger partial charge on any atom is 0.234 e. The summed E-state index contributed by atoms with van der Waals surface area (Å²) in [5.74, 6) is -0.260. The first-order valence-corrected chi connectivity index (χ1v) is 7.46. The van der Waals surface area contributed by atoms with Gasteiger partial charge in [0.05, 0.1) is 6.04 Å². The summed E-state index contributed by atoms with van der Waals surface area (Å²) in [5.41, 5.74) is 8.20. The van der Waals surface area contributed by atoms with E-state index >= 15 is 0 Å². The van der Waals surface area contributed by atoms with Crippen LogP contribution >= 0.6 is 0 Å². The third kappa shape index (κ3) is 3.73. The number of hydrogen-bond acceptors (Lipinski definition) is 3. The van der Waals surface area contributed by atoms with E-state index in [1.807, 2.05) is 13.8 Å². The van der Waals surface area contributed by atoms with Crippen LogP contribution in [0.2, 0.25) is 0 Å². The van der Waals surface area contributed by atoms with Crippen molar-refractivity contribution in [2.45, 2.75) is 45.2 Å². The topological polar surface area (TPSA) is 58.4 Å². The van der Waals surface area contributed by atoms with Crippen LogP contribution in [0.4, 0.5) is 5.69 Å². The van der Waals surface area contributed by atoms with E-state index in [-0.39, 0.29) is 18.0 Å². The second kappa shape index (κ2) is 6.75. The standard InChI is InChI=1S/C16H25N3O/c1-12(2)18-14(16(17)20)9-11-19-10-5-7-13-6-3-4-8-15(13)19/h3-4,6,8,12,14,18H,5,7,9-11H2,1-2H3,(H2,17,20). The van der Waals surface area contributed by atoms with Gasteiger partial charge in [-0.15, -0.1) is 0 Å². The highest BCUT2D eigenvalue weighted by molar-refractivity contribution is 5.79. The number of para-hydroxylation sites is 1. The number of nitrogens with zero attached hydrogens (tertiary/aromatic N) is 1. The smallest absolute Gasteiger partial charge is 0.234 e. The Balaban J connectivity index is 1.98. The van der Waals surface area contributed by atoms with Crippen molar-refractivity contribution in [3.8, 4) is 0 Å². The predicted octanol–water partition coefficient (Wildman–Crippen LogP) is 1.68. The molecule has 0 aliphatic carbocycles. The van der Waals surface area contributed by atoms with Crippen LogP contribution in [0, 0.1) is 0 Å². The molecule has 1 unspecified atom stereocenters. The van der Waals surface area contributed by atoms with Gasteiger partial charge in [-0.25, -0.2) is 0 Å². The Labute approximate surface area is 121 Å². The molecular weight excluding hydrogens is 250 g/mol. The minimum absolute atomic E-state index is 0.246. The van der Waals surface area contributed by atoms with Gasteiger partial charge in [-0.1, -0.05) is 32.0 Å². The summed E-state index contributed by atoms with van der Waals surface area (Å²) in [6.45, 7) is 5.99. The molecule has 2 rings (SSSR count). The molecular formula is C16H25N3O. The normalized spacial score (nSPS) is 16.1. The van der Waals surface area contributed by atoms with Gasteiger partial charge in [0.25, 0.3) is 0 Å². The van der Waals surface area contributed by atoms with E-state index in [2.05, 4.69) is 34.5 Å². The Morgan fingerprint density at radius 1 is 1.40 bits per heavy atom. The molecule has 0 aromatic heterocycles. The van der Waals surface area contributed by atoms with Crippen LogP contribution in [0.3, 0.4) is 0 Å². The Kier molecular flexibility index (Phi) is 5.01. The summed E-state index contributed by atoms with van der Waals surface area (Å²) in [4.78, 5) is 13.9. The van der Waals surface area contributed by atoms with Gasteiger partial charge in [0.2, 0.25) is 5.91 Å². The Hall–Kier alpha value is -1.55. The number of rotatable bonds is 6. The summed E-state index contributed by atoms with van der Waals surface area (Å²) >= 11 is 0. The van der Waals surface area contributed by atoms with Crippen LogP contribution in [0.1, 0.15) is 32.3 Å². The lowest BCUT2D eigenvalue weighted by atomic mass is 10.0. The third-order valence-corrected chi connectivity index (χ3v) is 3.77. The number of nitrogens with one attached hydrogen (secondary N) is 1. The van der Waals surface area contributed by atoms with Crippen molar-refractivity contribution in [1.29, 1.82) is 0 Å². The average Bonchev–Trinajstić information content (AvgIpc) is 2.42. The molecule has 1 aliphatic rings. The highest BCUT2D eigenvalue weighted by Crippen LogP contribution is 2.26. The number of benzene rings is 1. The van der Waals surface area contributed by atoms with E-state index in [9.17, 15) is 4.79 Å². The summed E-state index contributed by atoms with van der Waals surface area (Å²) in [6, 6.07) is 8.55. The summed E-state index contributed by atoms with van der Waals surface area (Å²) in [6.07, 6.45) is 3.08. The van der Waals surface area contributed by atoms with Crippen LogP contribution < -0.4 is 16.0 Å². The lowest BCUT2D eigenvalue weighted by Crippen LogP contribution is -2.46. The molecule has 4 nitrogen and oxygen atoms in total. The fraction of sp³-hybridized carbons (Fsp3) is 0.562. The minimum atomic E-state index is -0.260. The quantitative estimate of drug-likeness (QED) is 0.830. The highest BCUT2D eigenvalue weighted by Gasteiger charge is 2.20. The van der Waals surface area contributed by atoms with E-state index in [1.54, 1.807) is 0 Å². The van der Waals surface area contributed by atoms with Gasteiger partial charge in [0.1, 0.15) is 0 Å². The molecule has 0 saturated carbocycles. The van der Waals surface area contributed by atoms with Gasteiger partial charge >= 0.3 is 0 Å². The van der Waals surface area contributed by atoms with Gasteiger partial charge in [-0.05, 0) is 30.9 Å². The maximum atomic E-state index is 11.5. The molecule has 110 valence electrons. The minimum Gasteiger partial charge on any atom is -0.371 e. The van der Waals surface area contributed by atoms with Crippen molar-refractivity contribution in [2.24, 2.45) is 5.73 Å². The molecule has 1 aromatic carbocycles. The van der Waals surface area contributed by atoms with Crippen LogP contribution in [0.15, 0.2) is 24.3 Å². The van der Waals surface area contributed by atoms with Gasteiger partial charge in [0, 0.05) is 24.8 Å². The Morgan fingerprint density at radius 2 is 2.15 bits per heavy atom. The first-order chi connectivity index (χ1) is 9.58. The van der Waals surface area contributed by atoms with Crippen LogP contribution in [-0.4, -0.2) is 31.1 Å². The van der Waals surface area contributed by atoms with Gasteiger partial charge in [-0.3, -0.25) is 4.79 Å². The van der Waals surface area contributed by atoms with Crippen LogP contribution in [-0.2, 0) is 11.2 Å². The van der Waals surface area contributed by atoms with Crippen molar-refractivity contribution >= 4 is 11.6 Å². The molecule has 0 spiro atoms. The molecule has 0 radical (unpaired) electrons. The fourth-order valence-corrected chi connectivity index (χ4v) is 2.84. The van der Waals surface area contributed by atoms with Crippen LogP contribution in [0.25, 0.3) is 0 Å². The molecule has 0 bridgehead atoms. The lowest BCUT2D eigenvalue weighted by molar-refractivity contribution is -0.120. The van der Waals surface area contributed by atoms with Crippen molar-refractivity contribution in [1.82, 2.24) is 5.32 Å². The zero-order chi connectivity index (χ0) is 14.5. The number of primary amides is 1. The first-order valence-electron chi connectivity index (χ1n) is 7.46. The summed E-state index contributed by atoms with van der Waals surface area (Å²) in [5, 5.41) is 3.24. The molecule has 1 heterocycles. The SMILES string of the molecule is CC(C)NC(CCN1CCCc2ccccc21)C(N)=O. The zero-order valence-corrected chi connectivity index (χ0v) is 12.4. The van der Waals surface area contributed by atoms with E-state index in [0.717, 1.165) is 25.9 Å². The van der Waals surface area contributed by atoms with E-state index in [4.69, 9.17) is 5.73 Å². The maximum absolute atomic E-state index is 11.5. The third-order valence-electron chi connectivity index (χ3n) is 3.77. The number of hydrogen-bond donors (Lipinski definition) is 2. The van der Waals surface area contributed by atoms with E-state index in [0.29, 0.717) is 0 Å². The van der Waals surface area contributed by atoms with Gasteiger partial charge in [0.15, 0.2) is 0 Å². The van der Waals surface area contributed by atoms with Gasteiger partial charge in [-0.2, -0.15) is 0 Å². The second-order valence-corrected chi connectivity index (χ2v) is 5.78. The van der Waals surface area contributed by atoms with Crippen molar-refractivity contribution < 1.29 is 4.79 Å². The fourth-order valence-electron chi connectivity index (χ4n) is 2.84. The van der Waals surface area contributed by atoms with Crippen molar-refractivity contribution in [2.75, 3.05) is 18.0 Å². The molecule has 3 N–H and O–H groups in total. The largest absolute Gasteiger partial charge is 0.371 e. The monoisotopic (exact) mass is 275 g/mol. The summed E-state index contributed by atoms with van der Waals surface area (Å²) < 4.78 is 0. The van der Waals surface area contributed by atoms with Gasteiger partial charge < -0.3 is 16.0 Å². The molecule has 1 aliphatic heterocycles. The molecule has 20 heavy (non-hydrogen) atoms.